The minimum atomic E-state index is -0.255. The normalized spacial score (nSPS) is 11.1. The van der Waals surface area contributed by atoms with Gasteiger partial charge in [-0.25, -0.2) is 14.4 Å². The van der Waals surface area contributed by atoms with E-state index in [9.17, 15) is 4.39 Å². The maximum atomic E-state index is 13.4. The Labute approximate surface area is 104 Å². The van der Waals surface area contributed by atoms with Crippen LogP contribution >= 0.6 is 0 Å². The maximum Gasteiger partial charge on any atom is 0.178 e. The SMILES string of the molecule is Cc1cc(F)cc(-c2nc3nccc(C)c3[nH]2)c1. The molecule has 3 nitrogen and oxygen atoms in total. The molecule has 1 aromatic carbocycles. The molecular weight excluding hydrogens is 229 g/mol. The van der Waals surface area contributed by atoms with Gasteiger partial charge in [0.05, 0.1) is 5.52 Å². The number of benzene rings is 1. The van der Waals surface area contributed by atoms with E-state index in [0.29, 0.717) is 11.5 Å². The number of fused-ring (bicyclic) bond motifs is 1. The summed E-state index contributed by atoms with van der Waals surface area (Å²) < 4.78 is 13.4. The minimum absolute atomic E-state index is 0.255. The second-order valence-corrected chi connectivity index (χ2v) is 4.43. The van der Waals surface area contributed by atoms with Crippen LogP contribution < -0.4 is 0 Å². The summed E-state index contributed by atoms with van der Waals surface area (Å²) in [5.41, 5.74) is 4.24. The molecule has 0 aliphatic carbocycles. The first-order valence-electron chi connectivity index (χ1n) is 5.72. The van der Waals surface area contributed by atoms with Crippen LogP contribution in [0.4, 0.5) is 4.39 Å². The quantitative estimate of drug-likeness (QED) is 0.709. The van der Waals surface area contributed by atoms with Crippen LogP contribution in [0.25, 0.3) is 22.6 Å². The van der Waals surface area contributed by atoms with Gasteiger partial charge in [-0.1, -0.05) is 0 Å². The van der Waals surface area contributed by atoms with Crippen LogP contribution in [0.1, 0.15) is 11.1 Å². The molecule has 0 radical (unpaired) electrons. The number of nitrogens with one attached hydrogen (secondary N) is 1. The molecule has 0 aliphatic rings. The summed E-state index contributed by atoms with van der Waals surface area (Å²) in [6.07, 6.45) is 1.72. The first-order valence-corrected chi connectivity index (χ1v) is 5.72. The monoisotopic (exact) mass is 241 g/mol. The molecule has 2 aromatic heterocycles. The lowest BCUT2D eigenvalue weighted by molar-refractivity contribution is 0.627. The highest BCUT2D eigenvalue weighted by Gasteiger charge is 2.09. The number of imidazole rings is 1. The molecule has 0 atom stereocenters. The van der Waals surface area contributed by atoms with E-state index < -0.39 is 0 Å². The molecule has 3 aromatic rings. The zero-order valence-corrected chi connectivity index (χ0v) is 10.2. The van der Waals surface area contributed by atoms with Crippen molar-refractivity contribution in [2.45, 2.75) is 13.8 Å². The predicted molar refractivity (Wildman–Crippen MR) is 68.8 cm³/mol. The molecule has 0 amide bonds. The molecule has 3 rings (SSSR count). The summed E-state index contributed by atoms with van der Waals surface area (Å²) in [6.45, 7) is 3.85. The fourth-order valence-corrected chi connectivity index (χ4v) is 2.05. The Morgan fingerprint density at radius 1 is 1.17 bits per heavy atom. The summed E-state index contributed by atoms with van der Waals surface area (Å²) in [4.78, 5) is 11.8. The summed E-state index contributed by atoms with van der Waals surface area (Å²) in [7, 11) is 0. The van der Waals surface area contributed by atoms with Crippen LogP contribution in [0.3, 0.4) is 0 Å². The number of aryl methyl sites for hydroxylation is 2. The zero-order chi connectivity index (χ0) is 12.7. The topological polar surface area (TPSA) is 41.6 Å². The summed E-state index contributed by atoms with van der Waals surface area (Å²) >= 11 is 0. The molecule has 4 heteroatoms. The number of H-pyrrole nitrogens is 1. The van der Waals surface area contributed by atoms with E-state index in [1.165, 1.54) is 12.1 Å². The Hall–Kier alpha value is -2.23. The number of pyridine rings is 1. The largest absolute Gasteiger partial charge is 0.336 e. The highest BCUT2D eigenvalue weighted by molar-refractivity contribution is 5.78. The first kappa shape index (κ1) is 10.9. The second-order valence-electron chi connectivity index (χ2n) is 4.43. The van der Waals surface area contributed by atoms with Gasteiger partial charge in [0.25, 0.3) is 0 Å². The molecule has 0 saturated carbocycles. The van der Waals surface area contributed by atoms with Crippen LogP contribution in [-0.4, -0.2) is 15.0 Å². The van der Waals surface area contributed by atoms with E-state index in [0.717, 1.165) is 22.2 Å². The third-order valence-corrected chi connectivity index (χ3v) is 2.92. The number of hydrogen-bond donors (Lipinski definition) is 1. The predicted octanol–water partition coefficient (Wildman–Crippen LogP) is 3.38. The van der Waals surface area contributed by atoms with Crippen LogP contribution in [0.5, 0.6) is 0 Å². The number of hydrogen-bond acceptors (Lipinski definition) is 2. The lowest BCUT2D eigenvalue weighted by atomic mass is 10.1. The van der Waals surface area contributed by atoms with Gasteiger partial charge < -0.3 is 4.98 Å². The van der Waals surface area contributed by atoms with E-state index in [1.54, 1.807) is 6.20 Å². The standard InChI is InChI=1S/C14H12FN3/c1-8-5-10(7-11(15)6-8)13-17-12-9(2)3-4-16-14(12)18-13/h3-7H,1-2H3,(H,16,17,18). The third-order valence-electron chi connectivity index (χ3n) is 2.92. The van der Waals surface area contributed by atoms with E-state index in [2.05, 4.69) is 15.0 Å². The van der Waals surface area contributed by atoms with Gasteiger partial charge in [-0.2, -0.15) is 0 Å². The van der Waals surface area contributed by atoms with Crippen molar-refractivity contribution >= 4 is 11.2 Å². The lowest BCUT2D eigenvalue weighted by Gasteiger charge is -1.99. The average molecular weight is 241 g/mol. The molecule has 0 unspecified atom stereocenters. The Bertz CT molecular complexity index is 711. The van der Waals surface area contributed by atoms with Gasteiger partial charge in [0.2, 0.25) is 0 Å². The van der Waals surface area contributed by atoms with Crippen LogP contribution in [0.2, 0.25) is 0 Å². The number of rotatable bonds is 1. The van der Waals surface area contributed by atoms with Crippen LogP contribution in [0, 0.1) is 19.7 Å². The molecule has 0 spiro atoms. The Morgan fingerprint density at radius 3 is 2.72 bits per heavy atom. The fourth-order valence-electron chi connectivity index (χ4n) is 2.05. The molecule has 18 heavy (non-hydrogen) atoms. The Balaban J connectivity index is 2.22. The smallest absolute Gasteiger partial charge is 0.178 e. The van der Waals surface area contributed by atoms with Gasteiger partial charge >= 0.3 is 0 Å². The molecule has 90 valence electrons. The van der Waals surface area contributed by atoms with Crippen LogP contribution in [0.15, 0.2) is 30.5 Å². The lowest BCUT2D eigenvalue weighted by Crippen LogP contribution is -1.85. The fraction of sp³-hybridized carbons (Fsp3) is 0.143. The average Bonchev–Trinajstić information content (AvgIpc) is 2.73. The van der Waals surface area contributed by atoms with E-state index in [-0.39, 0.29) is 5.82 Å². The highest BCUT2D eigenvalue weighted by Crippen LogP contribution is 2.22. The van der Waals surface area contributed by atoms with Gasteiger partial charge in [-0.05, 0) is 49.2 Å². The minimum Gasteiger partial charge on any atom is -0.336 e. The number of aromatic amines is 1. The van der Waals surface area contributed by atoms with Gasteiger partial charge in [0, 0.05) is 11.8 Å². The second kappa shape index (κ2) is 3.91. The molecule has 1 N–H and O–H groups in total. The van der Waals surface area contributed by atoms with Crippen molar-refractivity contribution in [1.82, 2.24) is 15.0 Å². The van der Waals surface area contributed by atoms with Crippen molar-refractivity contribution in [3.05, 3.63) is 47.4 Å². The Kier molecular flexibility index (Phi) is 2.37. The van der Waals surface area contributed by atoms with Gasteiger partial charge in [-0.3, -0.25) is 0 Å². The zero-order valence-electron chi connectivity index (χ0n) is 10.2. The molecular formula is C14H12FN3. The third kappa shape index (κ3) is 1.76. The maximum absolute atomic E-state index is 13.4. The summed E-state index contributed by atoms with van der Waals surface area (Å²) in [5, 5.41) is 0. The van der Waals surface area contributed by atoms with Gasteiger partial charge in [0.15, 0.2) is 5.65 Å². The first-order chi connectivity index (χ1) is 8.63. The van der Waals surface area contributed by atoms with Crippen LogP contribution in [-0.2, 0) is 0 Å². The number of aromatic nitrogens is 3. The number of nitrogens with zero attached hydrogens (tertiary/aromatic N) is 2. The highest BCUT2D eigenvalue weighted by atomic mass is 19.1. The van der Waals surface area contributed by atoms with Crippen molar-refractivity contribution in [3.63, 3.8) is 0 Å². The van der Waals surface area contributed by atoms with Crippen molar-refractivity contribution < 1.29 is 4.39 Å². The summed E-state index contributed by atoms with van der Waals surface area (Å²) in [6, 6.07) is 6.78. The summed E-state index contributed by atoms with van der Waals surface area (Å²) in [5.74, 6) is 0.393. The van der Waals surface area contributed by atoms with E-state index >= 15 is 0 Å². The van der Waals surface area contributed by atoms with Crippen molar-refractivity contribution in [1.29, 1.82) is 0 Å². The van der Waals surface area contributed by atoms with Gasteiger partial charge in [0.1, 0.15) is 11.6 Å². The van der Waals surface area contributed by atoms with Crippen molar-refractivity contribution in [2.75, 3.05) is 0 Å². The molecule has 0 bridgehead atoms. The Morgan fingerprint density at radius 2 is 2.00 bits per heavy atom. The van der Waals surface area contributed by atoms with E-state index in [4.69, 9.17) is 0 Å². The van der Waals surface area contributed by atoms with Crippen molar-refractivity contribution in [3.8, 4) is 11.4 Å². The molecule has 2 heterocycles. The molecule has 0 fully saturated rings. The number of halogens is 1. The van der Waals surface area contributed by atoms with Gasteiger partial charge in [-0.15, -0.1) is 0 Å². The van der Waals surface area contributed by atoms with E-state index in [1.807, 2.05) is 26.0 Å². The molecule has 0 saturated heterocycles. The molecule has 0 aliphatic heterocycles. The van der Waals surface area contributed by atoms with Crippen molar-refractivity contribution in [2.24, 2.45) is 0 Å².